The minimum atomic E-state index is -3.63. The third kappa shape index (κ3) is 4.56. The van der Waals surface area contributed by atoms with Gasteiger partial charge >= 0.3 is 0 Å². The van der Waals surface area contributed by atoms with Gasteiger partial charge in [0.05, 0.1) is 4.90 Å². The second kappa shape index (κ2) is 8.63. The molecule has 2 aromatic rings. The van der Waals surface area contributed by atoms with Gasteiger partial charge < -0.3 is 4.90 Å². The van der Waals surface area contributed by atoms with E-state index in [1.807, 2.05) is 6.92 Å². The molecule has 1 N–H and O–H groups in total. The summed E-state index contributed by atoms with van der Waals surface area (Å²) in [6.45, 7) is 3.71. The summed E-state index contributed by atoms with van der Waals surface area (Å²) in [6, 6.07) is 11.5. The Morgan fingerprint density at radius 3 is 2.75 bits per heavy atom. The Balaban J connectivity index is 1.57. The van der Waals surface area contributed by atoms with Gasteiger partial charge in [0.1, 0.15) is 5.82 Å². The molecule has 1 amide bonds. The van der Waals surface area contributed by atoms with Crippen LogP contribution in [0.4, 0.5) is 10.1 Å². The summed E-state index contributed by atoms with van der Waals surface area (Å²) >= 11 is 1.47. The van der Waals surface area contributed by atoms with Gasteiger partial charge in [0.25, 0.3) is 0 Å². The minimum Gasteiger partial charge on any atom is -0.309 e. The molecule has 0 saturated carbocycles. The van der Waals surface area contributed by atoms with E-state index in [4.69, 9.17) is 0 Å². The fraction of sp³-hybridized carbons (Fsp3) is 0.350. The van der Waals surface area contributed by atoms with Crippen LogP contribution >= 0.6 is 11.8 Å². The lowest BCUT2D eigenvalue weighted by Gasteiger charge is -2.20. The van der Waals surface area contributed by atoms with Gasteiger partial charge in [-0.1, -0.05) is 18.2 Å². The molecular formula is C20H23FN2O3S2. The number of carbonyl (C=O) groups excluding carboxylic acids is 1. The fourth-order valence-corrected chi connectivity index (χ4v) is 5.44. The molecule has 8 heteroatoms. The molecule has 0 aliphatic carbocycles. The van der Waals surface area contributed by atoms with Gasteiger partial charge in [-0.3, -0.25) is 4.79 Å². The molecule has 1 unspecified atom stereocenters. The molecule has 0 fully saturated rings. The lowest BCUT2D eigenvalue weighted by atomic mass is 10.1. The van der Waals surface area contributed by atoms with Crippen molar-refractivity contribution in [3.63, 3.8) is 0 Å². The Morgan fingerprint density at radius 1 is 1.29 bits per heavy atom. The highest BCUT2D eigenvalue weighted by Crippen LogP contribution is 2.33. The van der Waals surface area contributed by atoms with Crippen molar-refractivity contribution in [2.75, 3.05) is 17.2 Å². The number of fused-ring (bicyclic) bond motifs is 1. The molecular weight excluding hydrogens is 399 g/mol. The second-order valence-electron chi connectivity index (χ2n) is 6.77. The summed E-state index contributed by atoms with van der Waals surface area (Å²) in [7, 11) is -3.63. The molecule has 1 heterocycles. The summed E-state index contributed by atoms with van der Waals surface area (Å²) in [5.74, 6) is 0.731. The quantitative estimate of drug-likeness (QED) is 0.695. The van der Waals surface area contributed by atoms with E-state index in [0.29, 0.717) is 23.5 Å². The van der Waals surface area contributed by atoms with Crippen molar-refractivity contribution in [3.05, 3.63) is 59.4 Å². The lowest BCUT2D eigenvalue weighted by Crippen LogP contribution is -2.33. The first-order valence-electron chi connectivity index (χ1n) is 9.03. The molecule has 0 spiro atoms. The monoisotopic (exact) mass is 422 g/mol. The summed E-state index contributed by atoms with van der Waals surface area (Å²) in [5, 5.41) is 0. The zero-order valence-corrected chi connectivity index (χ0v) is 17.4. The largest absolute Gasteiger partial charge is 0.309 e. The number of hydrogen-bond donors (Lipinski definition) is 1. The third-order valence-corrected chi connectivity index (χ3v) is 7.14. The first-order chi connectivity index (χ1) is 13.3. The SMILES string of the molecule is CC(=O)N1c2ccc(S(=O)(=O)NCCSCc3ccccc3F)cc2CC1C. The van der Waals surface area contributed by atoms with E-state index in [0.717, 1.165) is 11.3 Å². The van der Waals surface area contributed by atoms with E-state index in [1.54, 1.807) is 35.2 Å². The number of anilines is 1. The number of nitrogens with one attached hydrogen (secondary N) is 1. The van der Waals surface area contributed by atoms with Crippen LogP contribution in [0.5, 0.6) is 0 Å². The molecule has 0 aromatic heterocycles. The Labute approximate surface area is 169 Å². The highest BCUT2D eigenvalue weighted by atomic mass is 32.2. The van der Waals surface area contributed by atoms with E-state index in [9.17, 15) is 17.6 Å². The second-order valence-corrected chi connectivity index (χ2v) is 9.65. The molecule has 0 bridgehead atoms. The molecule has 28 heavy (non-hydrogen) atoms. The first-order valence-corrected chi connectivity index (χ1v) is 11.7. The molecule has 1 atom stereocenters. The smallest absolute Gasteiger partial charge is 0.240 e. The van der Waals surface area contributed by atoms with Gasteiger partial charge in [-0.15, -0.1) is 0 Å². The van der Waals surface area contributed by atoms with Crippen LogP contribution in [0.3, 0.4) is 0 Å². The Kier molecular flexibility index (Phi) is 6.42. The number of rotatable bonds is 7. The van der Waals surface area contributed by atoms with Gasteiger partial charge in [-0.25, -0.2) is 17.5 Å². The van der Waals surface area contributed by atoms with Crippen LogP contribution < -0.4 is 9.62 Å². The highest BCUT2D eigenvalue weighted by Gasteiger charge is 2.30. The van der Waals surface area contributed by atoms with Gasteiger partial charge in [0.2, 0.25) is 15.9 Å². The average molecular weight is 423 g/mol. The number of benzene rings is 2. The lowest BCUT2D eigenvalue weighted by molar-refractivity contribution is -0.116. The maximum Gasteiger partial charge on any atom is 0.240 e. The number of thioether (sulfide) groups is 1. The zero-order chi connectivity index (χ0) is 20.3. The van der Waals surface area contributed by atoms with E-state index in [-0.39, 0.29) is 29.2 Å². The van der Waals surface area contributed by atoms with Crippen LogP contribution in [-0.2, 0) is 27.0 Å². The van der Waals surface area contributed by atoms with Crippen LogP contribution in [0.1, 0.15) is 25.0 Å². The Hall–Kier alpha value is -1.90. The van der Waals surface area contributed by atoms with Crippen LogP contribution in [0.15, 0.2) is 47.4 Å². The van der Waals surface area contributed by atoms with Crippen molar-refractivity contribution >= 4 is 33.4 Å². The molecule has 2 aromatic carbocycles. The summed E-state index contributed by atoms with van der Waals surface area (Å²) < 4.78 is 41.3. The standard InChI is InChI=1S/C20H23FN2O3S2/c1-14-11-17-12-18(7-8-20(17)23(14)15(2)24)28(25,26)22-9-10-27-13-16-5-3-4-6-19(16)21/h3-8,12,14,22H,9-11,13H2,1-2H3. The number of hydrogen-bond acceptors (Lipinski definition) is 4. The molecule has 0 radical (unpaired) electrons. The Morgan fingerprint density at radius 2 is 2.04 bits per heavy atom. The van der Waals surface area contributed by atoms with Crippen LogP contribution in [0, 0.1) is 5.82 Å². The van der Waals surface area contributed by atoms with E-state index >= 15 is 0 Å². The predicted molar refractivity (Wildman–Crippen MR) is 111 cm³/mol. The van der Waals surface area contributed by atoms with E-state index < -0.39 is 10.0 Å². The van der Waals surface area contributed by atoms with E-state index in [2.05, 4.69) is 4.72 Å². The van der Waals surface area contributed by atoms with Crippen molar-refractivity contribution in [1.82, 2.24) is 4.72 Å². The number of amides is 1. The van der Waals surface area contributed by atoms with Crippen LogP contribution in [0.25, 0.3) is 0 Å². The topological polar surface area (TPSA) is 66.5 Å². The fourth-order valence-electron chi connectivity index (χ4n) is 3.38. The molecule has 1 aliphatic rings. The van der Waals surface area contributed by atoms with Crippen molar-refractivity contribution in [1.29, 1.82) is 0 Å². The van der Waals surface area contributed by atoms with Crippen molar-refractivity contribution in [3.8, 4) is 0 Å². The summed E-state index contributed by atoms with van der Waals surface area (Å²) in [6.07, 6.45) is 0.636. The average Bonchev–Trinajstić information content (AvgIpc) is 2.97. The summed E-state index contributed by atoms with van der Waals surface area (Å²) in [5.41, 5.74) is 2.25. The molecule has 150 valence electrons. The van der Waals surface area contributed by atoms with E-state index in [1.165, 1.54) is 30.8 Å². The van der Waals surface area contributed by atoms with Crippen molar-refractivity contribution < 1.29 is 17.6 Å². The number of carbonyl (C=O) groups is 1. The van der Waals surface area contributed by atoms with Gasteiger partial charge in [0, 0.05) is 36.7 Å². The van der Waals surface area contributed by atoms with Crippen molar-refractivity contribution in [2.45, 2.75) is 37.0 Å². The van der Waals surface area contributed by atoms with Gasteiger partial charge in [-0.05, 0) is 48.7 Å². The molecule has 5 nitrogen and oxygen atoms in total. The highest BCUT2D eigenvalue weighted by molar-refractivity contribution is 7.98. The van der Waals surface area contributed by atoms with Gasteiger partial charge in [0.15, 0.2) is 0 Å². The predicted octanol–water partition coefficient (Wildman–Crippen LogP) is 3.33. The number of sulfonamides is 1. The van der Waals surface area contributed by atoms with Crippen LogP contribution in [0.2, 0.25) is 0 Å². The summed E-state index contributed by atoms with van der Waals surface area (Å²) in [4.78, 5) is 13.7. The normalized spacial score (nSPS) is 16.2. The van der Waals surface area contributed by atoms with Crippen molar-refractivity contribution in [2.24, 2.45) is 0 Å². The maximum absolute atomic E-state index is 13.6. The minimum absolute atomic E-state index is 0.0215. The maximum atomic E-state index is 13.6. The first kappa shape index (κ1) is 20.8. The molecule has 1 aliphatic heterocycles. The van der Waals surface area contributed by atoms with Crippen LogP contribution in [-0.4, -0.2) is 32.7 Å². The zero-order valence-electron chi connectivity index (χ0n) is 15.8. The third-order valence-electron chi connectivity index (χ3n) is 4.67. The van der Waals surface area contributed by atoms with Gasteiger partial charge in [-0.2, -0.15) is 11.8 Å². The molecule has 0 saturated heterocycles. The molecule has 3 rings (SSSR count). The number of nitrogens with zero attached hydrogens (tertiary/aromatic N) is 1. The number of halogens is 1. The Bertz CT molecular complexity index is 979.